The zero-order valence-electron chi connectivity index (χ0n) is 12.0. The van der Waals surface area contributed by atoms with E-state index < -0.39 is 12.0 Å². The van der Waals surface area contributed by atoms with Crippen molar-refractivity contribution in [2.24, 2.45) is 5.92 Å². The first-order valence-electron chi connectivity index (χ1n) is 6.54. The van der Waals surface area contributed by atoms with E-state index in [1.807, 2.05) is 32.0 Å². The minimum Gasteiger partial charge on any atom is -0.467 e. The van der Waals surface area contributed by atoms with Crippen LogP contribution in [0.15, 0.2) is 24.3 Å². The molecule has 0 bridgehead atoms. The smallest absolute Gasteiger partial charge is 0.328 e. The molecule has 0 unspecified atom stereocenters. The van der Waals surface area contributed by atoms with Crippen molar-refractivity contribution < 1.29 is 14.3 Å². The number of nitrogens with one attached hydrogen (secondary N) is 1. The Balaban J connectivity index is 2.78. The number of halogens is 1. The van der Waals surface area contributed by atoms with Crippen molar-refractivity contribution in [3.05, 3.63) is 34.9 Å². The molecule has 1 rings (SSSR count). The van der Waals surface area contributed by atoms with Gasteiger partial charge in [0.2, 0.25) is 5.91 Å². The average Bonchev–Trinajstić information content (AvgIpc) is 2.38. The SMILES string of the molecule is COC(=O)[C@H](Cc1ccccc1Cl)NC(=O)CC(C)C. The molecule has 20 heavy (non-hydrogen) atoms. The number of hydrogen-bond donors (Lipinski definition) is 1. The van der Waals surface area contributed by atoms with Crippen molar-refractivity contribution in [2.45, 2.75) is 32.7 Å². The molecule has 0 saturated carbocycles. The maximum absolute atomic E-state index is 11.8. The predicted octanol–water partition coefficient (Wildman–Crippen LogP) is 2.59. The Morgan fingerprint density at radius 2 is 1.95 bits per heavy atom. The molecular formula is C15H20ClNO3. The predicted molar refractivity (Wildman–Crippen MR) is 78.6 cm³/mol. The highest BCUT2D eigenvalue weighted by molar-refractivity contribution is 6.31. The van der Waals surface area contributed by atoms with Crippen LogP contribution in [0.3, 0.4) is 0 Å². The van der Waals surface area contributed by atoms with Gasteiger partial charge in [-0.15, -0.1) is 0 Å². The molecule has 1 atom stereocenters. The molecule has 0 fully saturated rings. The van der Waals surface area contributed by atoms with Gasteiger partial charge in [-0.25, -0.2) is 4.79 Å². The van der Waals surface area contributed by atoms with Crippen LogP contribution >= 0.6 is 11.6 Å². The van der Waals surface area contributed by atoms with Crippen LogP contribution in [0, 0.1) is 5.92 Å². The van der Waals surface area contributed by atoms with E-state index in [-0.39, 0.29) is 11.8 Å². The number of carbonyl (C=O) groups is 2. The van der Waals surface area contributed by atoms with Gasteiger partial charge >= 0.3 is 5.97 Å². The number of rotatable bonds is 6. The maximum Gasteiger partial charge on any atom is 0.328 e. The summed E-state index contributed by atoms with van der Waals surface area (Å²) in [4.78, 5) is 23.6. The van der Waals surface area contributed by atoms with Gasteiger partial charge in [-0.1, -0.05) is 43.6 Å². The number of carbonyl (C=O) groups excluding carboxylic acids is 2. The quantitative estimate of drug-likeness (QED) is 0.821. The molecule has 110 valence electrons. The Morgan fingerprint density at radius 1 is 1.30 bits per heavy atom. The van der Waals surface area contributed by atoms with Crippen LogP contribution in [0.25, 0.3) is 0 Å². The Hall–Kier alpha value is -1.55. The third-order valence-corrected chi connectivity index (χ3v) is 3.17. The highest BCUT2D eigenvalue weighted by atomic mass is 35.5. The van der Waals surface area contributed by atoms with Gasteiger partial charge < -0.3 is 10.1 Å². The van der Waals surface area contributed by atoms with Crippen molar-refractivity contribution in [1.82, 2.24) is 5.32 Å². The second kappa shape index (κ2) is 7.90. The molecule has 0 spiro atoms. The topological polar surface area (TPSA) is 55.4 Å². The molecule has 1 N–H and O–H groups in total. The zero-order valence-corrected chi connectivity index (χ0v) is 12.7. The van der Waals surface area contributed by atoms with E-state index in [0.717, 1.165) is 5.56 Å². The first-order valence-corrected chi connectivity index (χ1v) is 6.92. The third kappa shape index (κ3) is 5.21. The Labute approximate surface area is 124 Å². The summed E-state index contributed by atoms with van der Waals surface area (Å²) in [6, 6.07) is 6.52. The van der Waals surface area contributed by atoms with Crippen LogP contribution < -0.4 is 5.32 Å². The van der Waals surface area contributed by atoms with Crippen molar-refractivity contribution in [2.75, 3.05) is 7.11 Å². The lowest BCUT2D eigenvalue weighted by Crippen LogP contribution is -2.43. The normalized spacial score (nSPS) is 12.1. The number of ether oxygens (including phenoxy) is 1. The highest BCUT2D eigenvalue weighted by Gasteiger charge is 2.23. The summed E-state index contributed by atoms with van der Waals surface area (Å²) in [5.74, 6) is -0.405. The van der Waals surface area contributed by atoms with E-state index in [9.17, 15) is 9.59 Å². The molecule has 0 aromatic heterocycles. The molecule has 0 radical (unpaired) electrons. The maximum atomic E-state index is 11.8. The molecule has 0 aliphatic rings. The van der Waals surface area contributed by atoms with Crippen molar-refractivity contribution in [3.63, 3.8) is 0 Å². The lowest BCUT2D eigenvalue weighted by Gasteiger charge is -2.18. The Kier molecular flexibility index (Phi) is 6.52. The second-order valence-corrected chi connectivity index (χ2v) is 5.44. The Bertz CT molecular complexity index is 474. The van der Waals surface area contributed by atoms with Crippen LogP contribution in [-0.4, -0.2) is 25.0 Å². The number of methoxy groups -OCH3 is 1. The van der Waals surface area contributed by atoms with E-state index in [2.05, 4.69) is 5.32 Å². The molecule has 1 aromatic carbocycles. The number of amides is 1. The van der Waals surface area contributed by atoms with Crippen LogP contribution in [-0.2, 0) is 20.7 Å². The first-order chi connectivity index (χ1) is 9.43. The summed E-state index contributed by atoms with van der Waals surface area (Å²) in [6.07, 6.45) is 0.687. The summed E-state index contributed by atoms with van der Waals surface area (Å²) in [5, 5.41) is 3.27. The highest BCUT2D eigenvalue weighted by Crippen LogP contribution is 2.17. The molecule has 5 heteroatoms. The first kappa shape index (κ1) is 16.5. The van der Waals surface area contributed by atoms with Gasteiger partial charge in [0.15, 0.2) is 0 Å². The minimum atomic E-state index is -0.717. The van der Waals surface area contributed by atoms with E-state index in [1.165, 1.54) is 7.11 Å². The second-order valence-electron chi connectivity index (χ2n) is 5.04. The molecule has 0 saturated heterocycles. The molecular weight excluding hydrogens is 278 g/mol. The molecule has 0 aliphatic carbocycles. The fraction of sp³-hybridized carbons (Fsp3) is 0.467. The molecule has 0 heterocycles. The minimum absolute atomic E-state index is 0.164. The van der Waals surface area contributed by atoms with Crippen LogP contribution in [0.2, 0.25) is 5.02 Å². The summed E-state index contributed by atoms with van der Waals surface area (Å²) in [7, 11) is 1.30. The summed E-state index contributed by atoms with van der Waals surface area (Å²) < 4.78 is 4.73. The third-order valence-electron chi connectivity index (χ3n) is 2.80. The van der Waals surface area contributed by atoms with Crippen molar-refractivity contribution in [3.8, 4) is 0 Å². The molecule has 0 aliphatic heterocycles. The van der Waals surface area contributed by atoms with Crippen molar-refractivity contribution >= 4 is 23.5 Å². The lowest BCUT2D eigenvalue weighted by molar-refractivity contribution is -0.145. The monoisotopic (exact) mass is 297 g/mol. The fourth-order valence-corrected chi connectivity index (χ4v) is 2.06. The molecule has 4 nitrogen and oxygen atoms in total. The fourth-order valence-electron chi connectivity index (χ4n) is 1.84. The van der Waals surface area contributed by atoms with Gasteiger partial charge in [0.05, 0.1) is 7.11 Å². The summed E-state index contributed by atoms with van der Waals surface area (Å²) >= 11 is 6.07. The molecule has 1 amide bonds. The van der Waals surface area contributed by atoms with Crippen molar-refractivity contribution in [1.29, 1.82) is 0 Å². The van der Waals surface area contributed by atoms with Crippen LogP contribution in [0.1, 0.15) is 25.8 Å². The van der Waals surface area contributed by atoms with Gasteiger partial charge in [-0.2, -0.15) is 0 Å². The summed E-state index contributed by atoms with van der Waals surface area (Å²) in [6.45, 7) is 3.89. The number of benzene rings is 1. The van der Waals surface area contributed by atoms with Crippen LogP contribution in [0.5, 0.6) is 0 Å². The largest absolute Gasteiger partial charge is 0.467 e. The van der Waals surface area contributed by atoms with E-state index in [1.54, 1.807) is 6.07 Å². The van der Waals surface area contributed by atoms with Gasteiger partial charge in [0.1, 0.15) is 6.04 Å². The number of esters is 1. The van der Waals surface area contributed by atoms with Gasteiger partial charge in [0, 0.05) is 17.9 Å². The van der Waals surface area contributed by atoms with Gasteiger partial charge in [0.25, 0.3) is 0 Å². The average molecular weight is 298 g/mol. The van der Waals surface area contributed by atoms with Crippen LogP contribution in [0.4, 0.5) is 0 Å². The standard InChI is InChI=1S/C15H20ClNO3/c1-10(2)8-14(18)17-13(15(19)20-3)9-11-6-4-5-7-12(11)16/h4-7,10,13H,8-9H2,1-3H3,(H,17,18)/t13-/m0/s1. The van der Waals surface area contributed by atoms with E-state index >= 15 is 0 Å². The van der Waals surface area contributed by atoms with E-state index in [4.69, 9.17) is 16.3 Å². The Morgan fingerprint density at radius 3 is 2.50 bits per heavy atom. The van der Waals surface area contributed by atoms with E-state index in [0.29, 0.717) is 17.9 Å². The van der Waals surface area contributed by atoms with Gasteiger partial charge in [-0.3, -0.25) is 4.79 Å². The zero-order chi connectivity index (χ0) is 15.1. The van der Waals surface area contributed by atoms with Gasteiger partial charge in [-0.05, 0) is 17.5 Å². The summed E-state index contributed by atoms with van der Waals surface area (Å²) in [5.41, 5.74) is 0.800. The number of hydrogen-bond acceptors (Lipinski definition) is 3. The molecule has 1 aromatic rings. The lowest BCUT2D eigenvalue weighted by atomic mass is 10.0.